The van der Waals surface area contributed by atoms with E-state index < -0.39 is 11.1 Å². The van der Waals surface area contributed by atoms with Gasteiger partial charge < -0.3 is 4.98 Å². The van der Waals surface area contributed by atoms with Crippen LogP contribution >= 0.6 is 11.6 Å². The van der Waals surface area contributed by atoms with Gasteiger partial charge in [0.1, 0.15) is 5.52 Å². The quantitative estimate of drug-likeness (QED) is 0.713. The topological polar surface area (TPSA) is 45.8 Å². The van der Waals surface area contributed by atoms with E-state index in [0.29, 0.717) is 5.52 Å². The first-order valence-electron chi connectivity index (χ1n) is 3.51. The van der Waals surface area contributed by atoms with Gasteiger partial charge in [-0.1, -0.05) is 0 Å². The summed E-state index contributed by atoms with van der Waals surface area (Å²) in [7, 11) is 0. The molecule has 1 aromatic heterocycles. The first-order valence-corrected chi connectivity index (χ1v) is 3.89. The van der Waals surface area contributed by atoms with Crippen LogP contribution < -0.4 is 0 Å². The van der Waals surface area contributed by atoms with Gasteiger partial charge in [-0.2, -0.15) is 0 Å². The highest BCUT2D eigenvalue weighted by atomic mass is 35.5. The lowest BCUT2D eigenvalue weighted by Crippen LogP contribution is -1.94. The highest BCUT2D eigenvalue weighted by Crippen LogP contribution is 2.18. The number of nitrogens with one attached hydrogen (secondary N) is 1. The molecule has 0 fully saturated rings. The van der Waals surface area contributed by atoms with Gasteiger partial charge in [0.05, 0.1) is 17.4 Å². The molecule has 1 heterocycles. The number of aromatic nitrogens is 2. The Morgan fingerprint density at radius 1 is 1.54 bits per heavy atom. The lowest BCUT2D eigenvalue weighted by Gasteiger charge is -1.96. The zero-order valence-electron chi connectivity index (χ0n) is 6.34. The minimum atomic E-state index is -0.817. The first-order chi connectivity index (χ1) is 6.20. The van der Waals surface area contributed by atoms with Gasteiger partial charge in [-0.15, -0.1) is 0 Å². The number of nitrogens with zero attached hydrogens (tertiary/aromatic N) is 1. The monoisotopic (exact) mass is 198 g/mol. The highest BCUT2D eigenvalue weighted by Gasteiger charge is 2.13. The number of imidazole rings is 1. The highest BCUT2D eigenvalue weighted by molar-refractivity contribution is 6.67. The third-order valence-corrected chi connectivity index (χ3v) is 1.95. The predicted molar refractivity (Wildman–Crippen MR) is 46.2 cm³/mol. The van der Waals surface area contributed by atoms with Gasteiger partial charge in [0, 0.05) is 0 Å². The van der Waals surface area contributed by atoms with Crippen LogP contribution in [0.15, 0.2) is 18.5 Å². The second kappa shape index (κ2) is 2.81. The summed E-state index contributed by atoms with van der Waals surface area (Å²) < 4.78 is 13.4. The molecule has 0 saturated heterocycles. The molecule has 0 atom stereocenters. The van der Waals surface area contributed by atoms with Crippen LogP contribution in [0.25, 0.3) is 11.0 Å². The molecule has 0 saturated carbocycles. The van der Waals surface area contributed by atoms with Gasteiger partial charge in [-0.25, -0.2) is 9.37 Å². The van der Waals surface area contributed by atoms with Crippen molar-refractivity contribution in [2.24, 2.45) is 0 Å². The maximum absolute atomic E-state index is 13.4. The Hall–Kier alpha value is -1.42. The standard InChI is InChI=1S/C8H4ClFN2O/c9-8(13)4-1-2-5-7(6(4)10)12-3-11-5/h1-3H,(H,11,12). The summed E-state index contributed by atoms with van der Waals surface area (Å²) in [4.78, 5) is 17.2. The minimum Gasteiger partial charge on any atom is -0.345 e. The van der Waals surface area contributed by atoms with Crippen LogP contribution in [0.3, 0.4) is 0 Å². The molecule has 66 valence electrons. The second-order valence-corrected chi connectivity index (χ2v) is 2.84. The van der Waals surface area contributed by atoms with E-state index in [2.05, 4.69) is 9.97 Å². The number of fused-ring (bicyclic) bond motifs is 1. The van der Waals surface area contributed by atoms with Crippen molar-refractivity contribution in [3.05, 3.63) is 29.8 Å². The van der Waals surface area contributed by atoms with Gasteiger partial charge in [-0.3, -0.25) is 4.79 Å². The molecule has 0 unspecified atom stereocenters. The van der Waals surface area contributed by atoms with E-state index in [1.54, 1.807) is 6.07 Å². The number of halogens is 2. The normalized spacial score (nSPS) is 10.6. The van der Waals surface area contributed by atoms with Crippen LogP contribution in [0.1, 0.15) is 10.4 Å². The van der Waals surface area contributed by atoms with E-state index in [-0.39, 0.29) is 11.1 Å². The molecular formula is C8H4ClFN2O. The van der Waals surface area contributed by atoms with Crippen molar-refractivity contribution in [3.8, 4) is 0 Å². The molecule has 0 spiro atoms. The number of H-pyrrole nitrogens is 1. The van der Waals surface area contributed by atoms with Crippen LogP contribution in [0.2, 0.25) is 0 Å². The Kier molecular flexibility index (Phi) is 1.77. The van der Waals surface area contributed by atoms with Crippen molar-refractivity contribution >= 4 is 27.9 Å². The zero-order valence-corrected chi connectivity index (χ0v) is 7.10. The third-order valence-electron chi connectivity index (χ3n) is 1.74. The SMILES string of the molecule is O=C(Cl)c1ccc2[nH]cnc2c1F. The van der Waals surface area contributed by atoms with Crippen LogP contribution in [0.5, 0.6) is 0 Å². The van der Waals surface area contributed by atoms with E-state index in [1.807, 2.05) is 0 Å². The van der Waals surface area contributed by atoms with E-state index in [0.717, 1.165) is 0 Å². The molecule has 0 aliphatic carbocycles. The average molecular weight is 199 g/mol. The zero-order chi connectivity index (χ0) is 9.42. The average Bonchev–Trinajstić information content (AvgIpc) is 2.52. The molecule has 0 amide bonds. The molecule has 1 aromatic carbocycles. The number of hydrogen-bond acceptors (Lipinski definition) is 2. The Bertz CT molecular complexity index is 480. The van der Waals surface area contributed by atoms with Crippen LogP contribution in [0.4, 0.5) is 4.39 Å². The van der Waals surface area contributed by atoms with Crippen molar-refractivity contribution in [1.82, 2.24) is 9.97 Å². The van der Waals surface area contributed by atoms with E-state index in [9.17, 15) is 9.18 Å². The largest absolute Gasteiger partial charge is 0.345 e. The maximum atomic E-state index is 13.4. The Morgan fingerprint density at radius 2 is 2.31 bits per heavy atom. The summed E-state index contributed by atoms with van der Waals surface area (Å²) in [5.74, 6) is -0.682. The summed E-state index contributed by atoms with van der Waals surface area (Å²) >= 11 is 5.16. The summed E-state index contributed by atoms with van der Waals surface area (Å²) in [6.45, 7) is 0. The lowest BCUT2D eigenvalue weighted by molar-refractivity contribution is 0.107. The maximum Gasteiger partial charge on any atom is 0.255 e. The molecule has 5 heteroatoms. The third kappa shape index (κ3) is 1.19. The lowest BCUT2D eigenvalue weighted by atomic mass is 10.2. The molecule has 2 rings (SSSR count). The number of aromatic amines is 1. The molecule has 2 aromatic rings. The van der Waals surface area contributed by atoms with Crippen molar-refractivity contribution in [2.45, 2.75) is 0 Å². The minimum absolute atomic E-state index is 0.131. The summed E-state index contributed by atoms with van der Waals surface area (Å²) in [6, 6.07) is 2.88. The molecule has 1 N–H and O–H groups in total. The summed E-state index contributed by atoms with van der Waals surface area (Å²) in [5, 5.41) is -0.817. The van der Waals surface area contributed by atoms with Gasteiger partial charge in [0.2, 0.25) is 0 Å². The Labute approximate surface area is 77.5 Å². The summed E-state index contributed by atoms with van der Waals surface area (Å²) in [5.41, 5.74) is 0.520. The fourth-order valence-corrected chi connectivity index (χ4v) is 1.27. The second-order valence-electron chi connectivity index (χ2n) is 2.50. The summed E-state index contributed by atoms with van der Waals surface area (Å²) in [6.07, 6.45) is 1.36. The van der Waals surface area contributed by atoms with Gasteiger partial charge in [0.15, 0.2) is 5.82 Å². The molecule has 0 bridgehead atoms. The predicted octanol–water partition coefficient (Wildman–Crippen LogP) is 2.08. The number of carbonyl (C=O) groups is 1. The number of hydrogen-bond donors (Lipinski definition) is 1. The van der Waals surface area contributed by atoms with E-state index in [1.165, 1.54) is 12.4 Å². The van der Waals surface area contributed by atoms with Crippen LogP contribution in [-0.4, -0.2) is 15.2 Å². The molecule has 0 aliphatic heterocycles. The van der Waals surface area contributed by atoms with Crippen molar-refractivity contribution in [3.63, 3.8) is 0 Å². The van der Waals surface area contributed by atoms with Crippen molar-refractivity contribution in [1.29, 1.82) is 0 Å². The molecular weight excluding hydrogens is 195 g/mol. The molecule has 3 nitrogen and oxygen atoms in total. The van der Waals surface area contributed by atoms with E-state index >= 15 is 0 Å². The number of carbonyl (C=O) groups excluding carboxylic acids is 1. The van der Waals surface area contributed by atoms with E-state index in [4.69, 9.17) is 11.6 Å². The Balaban J connectivity index is 2.80. The molecule has 0 radical (unpaired) electrons. The van der Waals surface area contributed by atoms with Gasteiger partial charge in [0.25, 0.3) is 5.24 Å². The number of rotatable bonds is 1. The van der Waals surface area contributed by atoms with Gasteiger partial charge in [-0.05, 0) is 23.7 Å². The van der Waals surface area contributed by atoms with Crippen molar-refractivity contribution < 1.29 is 9.18 Å². The van der Waals surface area contributed by atoms with Crippen LogP contribution in [-0.2, 0) is 0 Å². The first kappa shape index (κ1) is 8.19. The molecule has 13 heavy (non-hydrogen) atoms. The van der Waals surface area contributed by atoms with Crippen molar-refractivity contribution in [2.75, 3.05) is 0 Å². The Morgan fingerprint density at radius 3 is 3.00 bits per heavy atom. The fourth-order valence-electron chi connectivity index (χ4n) is 1.13. The molecule has 0 aliphatic rings. The fraction of sp³-hybridized carbons (Fsp3) is 0. The smallest absolute Gasteiger partial charge is 0.255 e. The number of benzene rings is 1. The van der Waals surface area contributed by atoms with Crippen LogP contribution in [0, 0.1) is 5.82 Å². The van der Waals surface area contributed by atoms with Gasteiger partial charge >= 0.3 is 0 Å².